The molecule has 0 spiro atoms. The molecular formula is C18H18N2O3S2. The van der Waals surface area contributed by atoms with Crippen LogP contribution in [0.3, 0.4) is 0 Å². The Morgan fingerprint density at radius 1 is 1.16 bits per heavy atom. The molecule has 0 saturated carbocycles. The third-order valence-electron chi connectivity index (χ3n) is 3.75. The Morgan fingerprint density at radius 2 is 1.92 bits per heavy atom. The Balaban J connectivity index is 1.61. The van der Waals surface area contributed by atoms with E-state index in [9.17, 15) is 13.2 Å². The van der Waals surface area contributed by atoms with Crippen LogP contribution in [-0.4, -0.2) is 25.6 Å². The van der Waals surface area contributed by atoms with Gasteiger partial charge in [0.15, 0.2) is 15.0 Å². The van der Waals surface area contributed by atoms with Crippen molar-refractivity contribution in [1.29, 1.82) is 0 Å². The molecule has 0 atom stereocenters. The molecule has 3 aromatic rings. The number of nitrogens with zero attached hydrogens (tertiary/aromatic N) is 1. The van der Waals surface area contributed by atoms with E-state index in [4.69, 9.17) is 0 Å². The molecule has 0 unspecified atom stereocenters. The van der Waals surface area contributed by atoms with Crippen molar-refractivity contribution in [2.45, 2.75) is 24.2 Å². The van der Waals surface area contributed by atoms with Crippen LogP contribution in [-0.2, 0) is 21.1 Å². The zero-order chi connectivity index (χ0) is 17.9. The lowest BCUT2D eigenvalue weighted by atomic mass is 10.1. The minimum absolute atomic E-state index is 0.0849. The highest BCUT2D eigenvalue weighted by Crippen LogP contribution is 2.28. The zero-order valence-corrected chi connectivity index (χ0v) is 15.4. The molecule has 1 heterocycles. The molecule has 1 aromatic heterocycles. The number of carbonyl (C=O) groups is 1. The van der Waals surface area contributed by atoms with Crippen LogP contribution in [0.4, 0.5) is 5.13 Å². The minimum Gasteiger partial charge on any atom is -0.302 e. The molecule has 1 amide bonds. The summed E-state index contributed by atoms with van der Waals surface area (Å²) in [6, 6.07) is 14.8. The van der Waals surface area contributed by atoms with E-state index in [1.807, 2.05) is 30.3 Å². The van der Waals surface area contributed by atoms with E-state index in [2.05, 4.69) is 10.3 Å². The van der Waals surface area contributed by atoms with Gasteiger partial charge in [-0.2, -0.15) is 0 Å². The molecule has 0 saturated heterocycles. The molecule has 0 radical (unpaired) electrons. The Labute approximate surface area is 150 Å². The average Bonchev–Trinajstić information content (AvgIpc) is 2.96. The number of fused-ring (bicyclic) bond motifs is 1. The second-order valence-corrected chi connectivity index (χ2v) is 8.85. The van der Waals surface area contributed by atoms with Gasteiger partial charge in [-0.15, -0.1) is 0 Å². The van der Waals surface area contributed by atoms with Crippen LogP contribution in [0, 0.1) is 0 Å². The minimum atomic E-state index is -3.25. The van der Waals surface area contributed by atoms with Crippen LogP contribution in [0.5, 0.6) is 0 Å². The molecule has 3 rings (SSSR count). The summed E-state index contributed by atoms with van der Waals surface area (Å²) in [6.07, 6.45) is 3.20. The van der Waals surface area contributed by atoms with Crippen LogP contribution in [0.25, 0.3) is 10.2 Å². The summed E-state index contributed by atoms with van der Waals surface area (Å²) < 4.78 is 24.0. The van der Waals surface area contributed by atoms with Crippen molar-refractivity contribution >= 4 is 42.4 Å². The fraction of sp³-hybridized carbons (Fsp3) is 0.222. The monoisotopic (exact) mass is 374 g/mol. The van der Waals surface area contributed by atoms with Gasteiger partial charge in [0, 0.05) is 12.7 Å². The number of aromatic nitrogens is 1. The highest BCUT2D eigenvalue weighted by Gasteiger charge is 2.12. The highest BCUT2D eigenvalue weighted by molar-refractivity contribution is 7.90. The number of hydrogen-bond donors (Lipinski definition) is 1. The maximum Gasteiger partial charge on any atom is 0.226 e. The zero-order valence-electron chi connectivity index (χ0n) is 13.7. The summed E-state index contributed by atoms with van der Waals surface area (Å²) in [7, 11) is -3.25. The van der Waals surface area contributed by atoms with E-state index in [1.54, 1.807) is 12.1 Å². The Morgan fingerprint density at radius 3 is 2.64 bits per heavy atom. The number of amides is 1. The summed E-state index contributed by atoms with van der Waals surface area (Å²) in [4.78, 5) is 16.7. The molecule has 0 fully saturated rings. The van der Waals surface area contributed by atoms with E-state index >= 15 is 0 Å². The van der Waals surface area contributed by atoms with Crippen LogP contribution >= 0.6 is 11.3 Å². The molecular weight excluding hydrogens is 356 g/mol. The van der Waals surface area contributed by atoms with E-state index in [0.717, 1.165) is 17.5 Å². The number of nitrogens with one attached hydrogen (secondary N) is 1. The van der Waals surface area contributed by atoms with Gasteiger partial charge in [-0.3, -0.25) is 4.79 Å². The lowest BCUT2D eigenvalue weighted by Crippen LogP contribution is -2.11. The standard InChI is InChI=1S/C18H18N2O3S2/c1-25(22,23)14-10-11-15-16(12-14)24-18(19-15)20-17(21)9-5-8-13-6-3-2-4-7-13/h2-4,6-7,10-12H,5,8-9H2,1H3,(H,19,20,21). The van der Waals surface area contributed by atoms with Crippen molar-refractivity contribution in [3.63, 3.8) is 0 Å². The van der Waals surface area contributed by atoms with Crippen molar-refractivity contribution in [2.75, 3.05) is 11.6 Å². The number of hydrogen-bond acceptors (Lipinski definition) is 5. The van der Waals surface area contributed by atoms with Crippen molar-refractivity contribution in [2.24, 2.45) is 0 Å². The van der Waals surface area contributed by atoms with Gasteiger partial charge < -0.3 is 5.32 Å². The topological polar surface area (TPSA) is 76.1 Å². The van der Waals surface area contributed by atoms with Gasteiger partial charge in [-0.05, 0) is 36.6 Å². The maximum atomic E-state index is 12.1. The molecule has 0 aliphatic carbocycles. The molecule has 1 N–H and O–H groups in total. The normalized spacial score (nSPS) is 11.6. The van der Waals surface area contributed by atoms with Gasteiger partial charge in [0.05, 0.1) is 15.1 Å². The first-order valence-electron chi connectivity index (χ1n) is 7.86. The predicted molar refractivity (Wildman–Crippen MR) is 101 cm³/mol. The lowest BCUT2D eigenvalue weighted by Gasteiger charge is -2.02. The Bertz CT molecular complexity index is 996. The largest absolute Gasteiger partial charge is 0.302 e. The molecule has 2 aromatic carbocycles. The van der Waals surface area contributed by atoms with Gasteiger partial charge >= 0.3 is 0 Å². The lowest BCUT2D eigenvalue weighted by molar-refractivity contribution is -0.116. The van der Waals surface area contributed by atoms with Crippen molar-refractivity contribution in [3.05, 3.63) is 54.1 Å². The maximum absolute atomic E-state index is 12.1. The number of sulfone groups is 1. The number of rotatable bonds is 6. The van der Waals surface area contributed by atoms with Gasteiger partial charge in [0.1, 0.15) is 0 Å². The quantitative estimate of drug-likeness (QED) is 0.714. The SMILES string of the molecule is CS(=O)(=O)c1ccc2nc(NC(=O)CCCc3ccccc3)sc2c1. The predicted octanol–water partition coefficient (Wildman–Crippen LogP) is 3.66. The molecule has 130 valence electrons. The van der Waals surface area contributed by atoms with E-state index in [0.29, 0.717) is 17.1 Å². The number of benzene rings is 2. The van der Waals surface area contributed by atoms with Gasteiger partial charge in [-0.1, -0.05) is 41.7 Å². The van der Waals surface area contributed by atoms with E-state index in [1.165, 1.54) is 29.2 Å². The summed E-state index contributed by atoms with van der Waals surface area (Å²) in [5, 5.41) is 3.29. The summed E-state index contributed by atoms with van der Waals surface area (Å²) in [6.45, 7) is 0. The number of thiazole rings is 1. The molecule has 7 heteroatoms. The van der Waals surface area contributed by atoms with Crippen LogP contribution in [0.15, 0.2) is 53.4 Å². The third kappa shape index (κ3) is 4.64. The molecule has 0 aliphatic heterocycles. The smallest absolute Gasteiger partial charge is 0.226 e. The van der Waals surface area contributed by atoms with E-state index in [-0.39, 0.29) is 10.8 Å². The molecule has 0 aliphatic rings. The van der Waals surface area contributed by atoms with Crippen molar-refractivity contribution < 1.29 is 13.2 Å². The first-order chi connectivity index (χ1) is 11.9. The molecule has 0 bridgehead atoms. The molecule has 25 heavy (non-hydrogen) atoms. The summed E-state index contributed by atoms with van der Waals surface area (Å²) in [5.74, 6) is -0.0849. The van der Waals surface area contributed by atoms with E-state index < -0.39 is 9.84 Å². The molecule has 5 nitrogen and oxygen atoms in total. The number of anilines is 1. The summed E-state index contributed by atoms with van der Waals surface area (Å²) in [5.41, 5.74) is 1.89. The van der Waals surface area contributed by atoms with Crippen molar-refractivity contribution in [1.82, 2.24) is 4.98 Å². The number of aryl methyl sites for hydroxylation is 1. The fourth-order valence-corrected chi connectivity index (χ4v) is 4.11. The second-order valence-electron chi connectivity index (χ2n) is 5.81. The first-order valence-corrected chi connectivity index (χ1v) is 10.6. The fourth-order valence-electron chi connectivity index (χ4n) is 2.47. The van der Waals surface area contributed by atoms with Crippen LogP contribution in [0.1, 0.15) is 18.4 Å². The van der Waals surface area contributed by atoms with Crippen LogP contribution in [0.2, 0.25) is 0 Å². The third-order valence-corrected chi connectivity index (χ3v) is 5.79. The number of carbonyl (C=O) groups excluding carboxylic acids is 1. The van der Waals surface area contributed by atoms with Gasteiger partial charge in [0.25, 0.3) is 0 Å². The van der Waals surface area contributed by atoms with Gasteiger partial charge in [0.2, 0.25) is 5.91 Å². The Kier molecular flexibility index (Phi) is 5.15. The highest BCUT2D eigenvalue weighted by atomic mass is 32.2. The second kappa shape index (κ2) is 7.33. The Hall–Kier alpha value is -2.25. The van der Waals surface area contributed by atoms with Crippen LogP contribution < -0.4 is 5.32 Å². The summed E-state index contributed by atoms with van der Waals surface area (Å²) >= 11 is 1.28. The first kappa shape index (κ1) is 17.6. The van der Waals surface area contributed by atoms with Gasteiger partial charge in [-0.25, -0.2) is 13.4 Å². The average molecular weight is 374 g/mol. The van der Waals surface area contributed by atoms with Crippen molar-refractivity contribution in [3.8, 4) is 0 Å².